The van der Waals surface area contributed by atoms with Crippen LogP contribution in [-0.4, -0.2) is 27.8 Å². The van der Waals surface area contributed by atoms with Crippen LogP contribution in [0.15, 0.2) is 90.4 Å². The van der Waals surface area contributed by atoms with E-state index in [0.29, 0.717) is 41.0 Å². The summed E-state index contributed by atoms with van der Waals surface area (Å²) >= 11 is 0. The molecule has 5 rings (SSSR count). The molecule has 1 aliphatic heterocycles. The molecule has 2 heterocycles. The fraction of sp³-hybridized carbons (Fsp3) is 0.179. The highest BCUT2D eigenvalue weighted by molar-refractivity contribution is 6.06. The van der Waals surface area contributed by atoms with Gasteiger partial charge in [0.15, 0.2) is 0 Å². The molecule has 0 fully saturated rings. The van der Waals surface area contributed by atoms with Crippen LogP contribution in [0.25, 0.3) is 0 Å². The lowest BCUT2D eigenvalue weighted by Crippen LogP contribution is -2.31. The highest BCUT2D eigenvalue weighted by Gasteiger charge is 2.35. The van der Waals surface area contributed by atoms with E-state index in [-0.39, 0.29) is 5.91 Å². The van der Waals surface area contributed by atoms with Crippen molar-refractivity contribution in [3.8, 4) is 11.5 Å². The molecule has 0 saturated carbocycles. The average Bonchev–Trinajstić information content (AvgIpc) is 3.36. The van der Waals surface area contributed by atoms with E-state index in [0.717, 1.165) is 11.1 Å². The normalized spacial score (nSPS) is 14.6. The molecule has 182 valence electrons. The molecule has 36 heavy (non-hydrogen) atoms. The fourth-order valence-corrected chi connectivity index (χ4v) is 4.29. The topological polar surface area (TPSA) is 90.3 Å². The third-order valence-corrected chi connectivity index (χ3v) is 6.12. The Hall–Kier alpha value is -4.59. The van der Waals surface area contributed by atoms with Gasteiger partial charge in [0.05, 0.1) is 18.4 Å². The summed E-state index contributed by atoms with van der Waals surface area (Å²) in [5.74, 6) is 1.53. The highest BCUT2D eigenvalue weighted by Crippen LogP contribution is 2.39. The summed E-state index contributed by atoms with van der Waals surface area (Å²) < 4.78 is 13.4. The molecule has 0 saturated heterocycles. The van der Waals surface area contributed by atoms with Gasteiger partial charge >= 0.3 is 0 Å². The van der Waals surface area contributed by atoms with E-state index in [1.54, 1.807) is 23.9 Å². The fourth-order valence-electron chi connectivity index (χ4n) is 4.29. The Morgan fingerprint density at radius 2 is 1.72 bits per heavy atom. The van der Waals surface area contributed by atoms with Crippen molar-refractivity contribution in [2.75, 3.05) is 17.7 Å². The van der Waals surface area contributed by atoms with Gasteiger partial charge in [-0.2, -0.15) is 10.1 Å². The first-order valence-corrected chi connectivity index (χ1v) is 11.6. The van der Waals surface area contributed by atoms with Crippen molar-refractivity contribution >= 4 is 17.5 Å². The Labute approximate surface area is 209 Å². The Balaban J connectivity index is 1.52. The molecule has 0 unspecified atom stereocenters. The largest absolute Gasteiger partial charge is 0.495 e. The lowest BCUT2D eigenvalue weighted by Gasteiger charge is -2.30. The zero-order valence-corrected chi connectivity index (χ0v) is 20.4. The van der Waals surface area contributed by atoms with E-state index >= 15 is 0 Å². The second kappa shape index (κ2) is 9.95. The van der Waals surface area contributed by atoms with E-state index in [1.165, 1.54) is 11.9 Å². The molecule has 0 aliphatic carbocycles. The first kappa shape index (κ1) is 23.2. The van der Waals surface area contributed by atoms with Crippen molar-refractivity contribution in [3.05, 3.63) is 107 Å². The first-order chi connectivity index (χ1) is 17.5. The number of rotatable bonds is 7. The average molecular weight is 482 g/mol. The van der Waals surface area contributed by atoms with Gasteiger partial charge in [-0.3, -0.25) is 4.79 Å². The smallest absolute Gasteiger partial charge is 0.255 e. The number of hydrogen-bond donors (Lipinski definition) is 2. The van der Waals surface area contributed by atoms with Gasteiger partial charge in [-0.05, 0) is 37.6 Å². The predicted octanol–water partition coefficient (Wildman–Crippen LogP) is 5.10. The van der Waals surface area contributed by atoms with Crippen molar-refractivity contribution in [2.45, 2.75) is 26.5 Å². The summed E-state index contributed by atoms with van der Waals surface area (Å²) in [5.41, 5.74) is 4.83. The van der Waals surface area contributed by atoms with Crippen LogP contribution < -0.4 is 20.1 Å². The number of nitrogens with one attached hydrogen (secondary N) is 2. The van der Waals surface area contributed by atoms with Gasteiger partial charge in [0, 0.05) is 11.3 Å². The van der Waals surface area contributed by atoms with Gasteiger partial charge in [0.2, 0.25) is 5.95 Å². The number of carbonyl (C=O) groups excluding carboxylic acids is 1. The van der Waals surface area contributed by atoms with E-state index in [4.69, 9.17) is 9.47 Å². The molecule has 1 atom stereocenters. The maximum absolute atomic E-state index is 13.7. The Kier molecular flexibility index (Phi) is 6.40. The van der Waals surface area contributed by atoms with Gasteiger partial charge in [-0.25, -0.2) is 4.68 Å². The zero-order chi connectivity index (χ0) is 25.1. The van der Waals surface area contributed by atoms with Crippen molar-refractivity contribution in [2.24, 2.45) is 0 Å². The van der Waals surface area contributed by atoms with E-state index in [9.17, 15) is 4.79 Å². The van der Waals surface area contributed by atoms with Crippen molar-refractivity contribution in [3.63, 3.8) is 0 Å². The standard InChI is InChI=1S/C28H27N5O3/c1-18-12-14-20(15-13-18)16-36-23-10-6-4-8-21(23)26-25(19(2)31-28-29-17-30-33(26)28)27(34)32-22-9-5-7-11-24(22)35-3/h4-15,17,26H,16H2,1-3H3,(H,32,34)(H,29,30,31)/t26-/m0/s1. The van der Waals surface area contributed by atoms with Crippen molar-refractivity contribution < 1.29 is 14.3 Å². The second-order valence-corrected chi connectivity index (χ2v) is 8.56. The van der Waals surface area contributed by atoms with Crippen LogP contribution in [0.1, 0.15) is 29.7 Å². The molecule has 1 aliphatic rings. The molecule has 8 nitrogen and oxygen atoms in total. The highest BCUT2D eigenvalue weighted by atomic mass is 16.5. The molecule has 4 aromatic rings. The van der Waals surface area contributed by atoms with Crippen LogP contribution in [0.4, 0.5) is 11.6 Å². The number of aromatic nitrogens is 3. The SMILES string of the molecule is COc1ccccc1NC(=O)C1=C(C)Nc2ncnn2[C@H]1c1ccccc1OCc1ccc(C)cc1. The van der Waals surface area contributed by atoms with Crippen LogP contribution in [0, 0.1) is 6.92 Å². The molecule has 0 radical (unpaired) electrons. The number of amides is 1. The third kappa shape index (κ3) is 4.53. The minimum atomic E-state index is -0.548. The molecule has 0 spiro atoms. The summed E-state index contributed by atoms with van der Waals surface area (Å²) in [7, 11) is 1.57. The van der Waals surface area contributed by atoms with Gasteiger partial charge in [0.1, 0.15) is 30.5 Å². The van der Waals surface area contributed by atoms with Crippen LogP contribution >= 0.6 is 0 Å². The molecule has 0 bridgehead atoms. The lowest BCUT2D eigenvalue weighted by atomic mass is 9.94. The summed E-state index contributed by atoms with van der Waals surface area (Å²) in [6.07, 6.45) is 1.47. The second-order valence-electron chi connectivity index (χ2n) is 8.56. The number of aryl methyl sites for hydroxylation is 1. The van der Waals surface area contributed by atoms with Gasteiger partial charge < -0.3 is 20.1 Å². The lowest BCUT2D eigenvalue weighted by molar-refractivity contribution is -0.113. The summed E-state index contributed by atoms with van der Waals surface area (Å²) in [6.45, 7) is 4.31. The van der Waals surface area contributed by atoms with E-state index in [2.05, 4.69) is 39.8 Å². The molecule has 1 aromatic heterocycles. The summed E-state index contributed by atoms with van der Waals surface area (Å²) in [4.78, 5) is 18.1. The number of fused-ring (bicyclic) bond motifs is 1. The number of nitrogens with zero attached hydrogens (tertiary/aromatic N) is 3. The van der Waals surface area contributed by atoms with E-state index < -0.39 is 6.04 Å². The molecular weight excluding hydrogens is 454 g/mol. The summed E-state index contributed by atoms with van der Waals surface area (Å²) in [6, 6.07) is 22.7. The number of para-hydroxylation sites is 3. The van der Waals surface area contributed by atoms with Gasteiger partial charge in [0.25, 0.3) is 5.91 Å². The predicted molar refractivity (Wildman–Crippen MR) is 138 cm³/mol. The Morgan fingerprint density at radius 1 is 1.00 bits per heavy atom. The van der Waals surface area contributed by atoms with Crippen LogP contribution in [0.5, 0.6) is 11.5 Å². The third-order valence-electron chi connectivity index (χ3n) is 6.12. The van der Waals surface area contributed by atoms with Crippen molar-refractivity contribution in [1.82, 2.24) is 14.8 Å². The first-order valence-electron chi connectivity index (χ1n) is 11.6. The van der Waals surface area contributed by atoms with Gasteiger partial charge in [-0.15, -0.1) is 0 Å². The number of carbonyl (C=O) groups is 1. The monoisotopic (exact) mass is 481 g/mol. The summed E-state index contributed by atoms with van der Waals surface area (Å²) in [5, 5.41) is 10.6. The number of methoxy groups -OCH3 is 1. The van der Waals surface area contributed by atoms with Crippen LogP contribution in [-0.2, 0) is 11.4 Å². The van der Waals surface area contributed by atoms with Crippen LogP contribution in [0.3, 0.4) is 0 Å². The molecular formula is C28H27N5O3. The van der Waals surface area contributed by atoms with Crippen molar-refractivity contribution in [1.29, 1.82) is 0 Å². The number of benzene rings is 3. The number of hydrogen-bond acceptors (Lipinski definition) is 6. The number of allylic oxidation sites excluding steroid dienone is 1. The molecule has 8 heteroatoms. The van der Waals surface area contributed by atoms with Crippen LogP contribution in [0.2, 0.25) is 0 Å². The van der Waals surface area contributed by atoms with Gasteiger partial charge in [-0.1, -0.05) is 60.2 Å². The quantitative estimate of drug-likeness (QED) is 0.382. The Morgan fingerprint density at radius 3 is 2.50 bits per heavy atom. The number of anilines is 2. The van der Waals surface area contributed by atoms with E-state index in [1.807, 2.05) is 55.5 Å². The molecule has 2 N–H and O–H groups in total. The maximum Gasteiger partial charge on any atom is 0.255 e. The molecule has 3 aromatic carbocycles. The maximum atomic E-state index is 13.7. The zero-order valence-electron chi connectivity index (χ0n) is 20.4. The minimum absolute atomic E-state index is 0.274. The molecule has 1 amide bonds. The number of ether oxygens (including phenoxy) is 2. The Bertz CT molecular complexity index is 1430. The minimum Gasteiger partial charge on any atom is -0.495 e.